The molecule has 0 aromatic carbocycles. The SMILES string of the molecule is COC(=O)C1COCCN1C(=O)Cn1[nH]c(=O)ccc1=O. The van der Waals surface area contributed by atoms with Gasteiger partial charge in [-0.1, -0.05) is 0 Å². The number of nitrogens with zero attached hydrogens (tertiary/aromatic N) is 2. The van der Waals surface area contributed by atoms with Crippen LogP contribution >= 0.6 is 0 Å². The molecule has 2 heterocycles. The van der Waals surface area contributed by atoms with Gasteiger partial charge in [0.05, 0.1) is 20.3 Å². The maximum Gasteiger partial charge on any atom is 0.331 e. The molecule has 2 rings (SSSR count). The van der Waals surface area contributed by atoms with Crippen molar-refractivity contribution in [1.82, 2.24) is 14.7 Å². The van der Waals surface area contributed by atoms with Crippen LogP contribution in [0.15, 0.2) is 21.7 Å². The number of morpholine rings is 1. The number of esters is 1. The molecular formula is C12H15N3O6. The van der Waals surface area contributed by atoms with Gasteiger partial charge in [0.2, 0.25) is 5.91 Å². The van der Waals surface area contributed by atoms with Crippen LogP contribution in [0.2, 0.25) is 0 Å². The number of amides is 1. The first-order valence-electron chi connectivity index (χ1n) is 6.28. The Morgan fingerprint density at radius 3 is 2.90 bits per heavy atom. The van der Waals surface area contributed by atoms with Crippen LogP contribution in [-0.2, 0) is 25.6 Å². The Morgan fingerprint density at radius 2 is 2.19 bits per heavy atom. The molecule has 1 aliphatic heterocycles. The van der Waals surface area contributed by atoms with Crippen molar-refractivity contribution in [2.24, 2.45) is 0 Å². The maximum absolute atomic E-state index is 12.2. The van der Waals surface area contributed by atoms with Crippen LogP contribution in [0.5, 0.6) is 0 Å². The van der Waals surface area contributed by atoms with Gasteiger partial charge in [0.15, 0.2) is 6.04 Å². The summed E-state index contributed by atoms with van der Waals surface area (Å²) in [5, 5.41) is 2.26. The van der Waals surface area contributed by atoms with E-state index >= 15 is 0 Å². The summed E-state index contributed by atoms with van der Waals surface area (Å²) in [4.78, 5) is 47.9. The molecule has 1 N–H and O–H groups in total. The zero-order valence-electron chi connectivity index (χ0n) is 11.4. The Kier molecular flexibility index (Phi) is 4.53. The summed E-state index contributed by atoms with van der Waals surface area (Å²) < 4.78 is 10.7. The van der Waals surface area contributed by atoms with Gasteiger partial charge >= 0.3 is 5.97 Å². The Labute approximate surface area is 119 Å². The molecule has 0 radical (unpaired) electrons. The number of carbonyl (C=O) groups excluding carboxylic acids is 2. The minimum atomic E-state index is -0.845. The summed E-state index contributed by atoms with van der Waals surface area (Å²) in [5.74, 6) is -1.06. The van der Waals surface area contributed by atoms with Crippen LogP contribution in [0.1, 0.15) is 0 Å². The van der Waals surface area contributed by atoms with E-state index in [1.54, 1.807) is 0 Å². The van der Waals surface area contributed by atoms with E-state index in [1.807, 2.05) is 0 Å². The summed E-state index contributed by atoms with van der Waals surface area (Å²) in [6, 6.07) is 1.31. The third-order valence-corrected chi connectivity index (χ3v) is 3.10. The molecule has 0 bridgehead atoms. The minimum absolute atomic E-state index is 0.0403. The predicted octanol–water partition coefficient (Wildman–Crippen LogP) is -2.06. The molecule has 1 aliphatic rings. The van der Waals surface area contributed by atoms with Gasteiger partial charge in [-0.3, -0.25) is 19.5 Å². The lowest BCUT2D eigenvalue weighted by molar-refractivity contribution is -0.161. The topological polar surface area (TPSA) is 111 Å². The first-order valence-corrected chi connectivity index (χ1v) is 6.28. The molecule has 9 heteroatoms. The lowest BCUT2D eigenvalue weighted by Crippen LogP contribution is -2.54. The van der Waals surface area contributed by atoms with Crippen molar-refractivity contribution in [3.63, 3.8) is 0 Å². The average molecular weight is 297 g/mol. The molecule has 114 valence electrons. The van der Waals surface area contributed by atoms with Crippen molar-refractivity contribution in [3.8, 4) is 0 Å². The number of hydrogen-bond donors (Lipinski definition) is 1. The summed E-state index contributed by atoms with van der Waals surface area (Å²) in [5.41, 5.74) is -1.00. The van der Waals surface area contributed by atoms with Crippen molar-refractivity contribution in [1.29, 1.82) is 0 Å². The van der Waals surface area contributed by atoms with Crippen LogP contribution < -0.4 is 11.1 Å². The first-order chi connectivity index (χ1) is 10.0. The molecule has 1 amide bonds. The molecule has 0 saturated carbocycles. The number of aromatic amines is 1. The number of H-pyrrole nitrogens is 1. The second-order valence-electron chi connectivity index (χ2n) is 4.43. The van der Waals surface area contributed by atoms with Gasteiger partial charge in [0, 0.05) is 18.7 Å². The number of hydrogen-bond acceptors (Lipinski definition) is 6. The van der Waals surface area contributed by atoms with Crippen molar-refractivity contribution in [2.45, 2.75) is 12.6 Å². The van der Waals surface area contributed by atoms with Gasteiger partial charge in [-0.2, -0.15) is 0 Å². The number of rotatable bonds is 3. The van der Waals surface area contributed by atoms with E-state index in [-0.39, 0.29) is 19.7 Å². The number of ether oxygens (including phenoxy) is 2. The largest absolute Gasteiger partial charge is 0.467 e. The van der Waals surface area contributed by atoms with E-state index in [1.165, 1.54) is 12.0 Å². The number of carbonyl (C=O) groups is 2. The standard InChI is InChI=1S/C12H15N3O6/c1-20-12(19)8-7-21-5-4-14(8)11(18)6-15-10(17)3-2-9(16)13-15/h2-3,8H,4-7H2,1H3,(H,13,16). The highest BCUT2D eigenvalue weighted by Crippen LogP contribution is 2.09. The van der Waals surface area contributed by atoms with Gasteiger partial charge in [-0.15, -0.1) is 0 Å². The molecule has 1 saturated heterocycles. The van der Waals surface area contributed by atoms with E-state index in [2.05, 4.69) is 9.84 Å². The average Bonchev–Trinajstić information content (AvgIpc) is 2.50. The molecule has 0 spiro atoms. The van der Waals surface area contributed by atoms with E-state index in [4.69, 9.17) is 4.74 Å². The van der Waals surface area contributed by atoms with Gasteiger partial charge < -0.3 is 14.4 Å². The van der Waals surface area contributed by atoms with Crippen LogP contribution in [-0.4, -0.2) is 59.5 Å². The molecule has 1 unspecified atom stereocenters. The molecule has 1 atom stereocenters. The summed E-state index contributed by atoms with van der Waals surface area (Å²) >= 11 is 0. The van der Waals surface area contributed by atoms with E-state index < -0.39 is 29.0 Å². The van der Waals surface area contributed by atoms with E-state index in [9.17, 15) is 19.2 Å². The fourth-order valence-electron chi connectivity index (χ4n) is 2.04. The van der Waals surface area contributed by atoms with Crippen molar-refractivity contribution in [3.05, 3.63) is 32.8 Å². The Bertz CT molecular complexity index is 649. The molecule has 1 aromatic heterocycles. The van der Waals surface area contributed by atoms with Gasteiger partial charge in [0.1, 0.15) is 6.54 Å². The first kappa shape index (κ1) is 15.0. The highest BCUT2D eigenvalue weighted by Gasteiger charge is 2.33. The van der Waals surface area contributed by atoms with Gasteiger partial charge in [-0.05, 0) is 0 Å². The second kappa shape index (κ2) is 6.35. The molecule has 0 aliphatic carbocycles. The van der Waals surface area contributed by atoms with Crippen molar-refractivity contribution >= 4 is 11.9 Å². The zero-order valence-corrected chi connectivity index (χ0v) is 11.4. The third kappa shape index (κ3) is 3.37. The fraction of sp³-hybridized carbons (Fsp3) is 0.500. The maximum atomic E-state index is 12.2. The van der Waals surface area contributed by atoms with Gasteiger partial charge in [-0.25, -0.2) is 9.48 Å². The van der Waals surface area contributed by atoms with Crippen molar-refractivity contribution in [2.75, 3.05) is 26.9 Å². The highest BCUT2D eigenvalue weighted by atomic mass is 16.5. The second-order valence-corrected chi connectivity index (χ2v) is 4.43. The Morgan fingerprint density at radius 1 is 1.43 bits per heavy atom. The molecular weight excluding hydrogens is 282 g/mol. The van der Waals surface area contributed by atoms with Crippen LogP contribution in [0, 0.1) is 0 Å². The summed E-state index contributed by atoms with van der Waals surface area (Å²) in [7, 11) is 1.22. The van der Waals surface area contributed by atoms with E-state index in [0.717, 1.165) is 16.8 Å². The Hall–Kier alpha value is -2.42. The molecule has 9 nitrogen and oxygen atoms in total. The van der Waals surface area contributed by atoms with Crippen molar-refractivity contribution < 1.29 is 19.1 Å². The third-order valence-electron chi connectivity index (χ3n) is 3.10. The summed E-state index contributed by atoms with van der Waals surface area (Å²) in [6.07, 6.45) is 0. The predicted molar refractivity (Wildman–Crippen MR) is 69.7 cm³/mol. The molecule has 1 fully saturated rings. The van der Waals surface area contributed by atoms with Crippen LogP contribution in [0.4, 0.5) is 0 Å². The molecule has 21 heavy (non-hydrogen) atoms. The summed E-state index contributed by atoms with van der Waals surface area (Å²) in [6.45, 7) is 0.185. The quantitative estimate of drug-likeness (QED) is 0.642. The van der Waals surface area contributed by atoms with Crippen LogP contribution in [0.3, 0.4) is 0 Å². The number of aromatic nitrogens is 2. The fourth-order valence-corrected chi connectivity index (χ4v) is 2.04. The van der Waals surface area contributed by atoms with Crippen LogP contribution in [0.25, 0.3) is 0 Å². The highest BCUT2D eigenvalue weighted by molar-refractivity contribution is 5.84. The monoisotopic (exact) mass is 297 g/mol. The normalized spacial score (nSPS) is 18.3. The Balaban J connectivity index is 2.17. The van der Waals surface area contributed by atoms with Gasteiger partial charge in [0.25, 0.3) is 11.1 Å². The molecule has 1 aromatic rings. The lowest BCUT2D eigenvalue weighted by atomic mass is 10.2. The number of methoxy groups -OCH3 is 1. The number of nitrogens with one attached hydrogen (secondary N) is 1. The zero-order chi connectivity index (χ0) is 15.4. The lowest BCUT2D eigenvalue weighted by Gasteiger charge is -2.33. The van der Waals surface area contributed by atoms with E-state index in [0.29, 0.717) is 6.61 Å². The smallest absolute Gasteiger partial charge is 0.331 e. The minimum Gasteiger partial charge on any atom is -0.467 e.